The molecule has 20 heavy (non-hydrogen) atoms. The van der Waals surface area contributed by atoms with Crippen molar-refractivity contribution < 1.29 is 32.6 Å². The van der Waals surface area contributed by atoms with E-state index in [2.05, 4.69) is 15.9 Å². The number of benzene rings is 1. The van der Waals surface area contributed by atoms with Gasteiger partial charge in [0, 0.05) is 4.47 Å². The molecule has 10 heteroatoms. The molecule has 1 atom stereocenters. The van der Waals surface area contributed by atoms with Gasteiger partial charge in [-0.1, -0.05) is 15.9 Å². The maximum atomic E-state index is 13.5. The van der Waals surface area contributed by atoms with Crippen LogP contribution in [0.15, 0.2) is 27.6 Å². The number of halogens is 2. The standard InChI is InChI=1S/C10H9BrFNO6S/c11-5-1-2-8(6(12)3-5)20(18,19)13-7(10(16)17)4-9(14)15/h1-3,7,13H,4H2,(H,14,15)(H,16,17)/t7-/m0/s1. The fourth-order valence-electron chi connectivity index (χ4n) is 1.30. The van der Waals surface area contributed by atoms with Gasteiger partial charge >= 0.3 is 11.9 Å². The highest BCUT2D eigenvalue weighted by Gasteiger charge is 2.29. The predicted molar refractivity (Wildman–Crippen MR) is 68.1 cm³/mol. The molecule has 1 rings (SSSR count). The fraction of sp³-hybridized carbons (Fsp3) is 0.200. The van der Waals surface area contributed by atoms with Gasteiger partial charge < -0.3 is 10.2 Å². The van der Waals surface area contributed by atoms with Gasteiger partial charge in [0.2, 0.25) is 10.0 Å². The average Bonchev–Trinajstić information content (AvgIpc) is 2.26. The molecule has 0 bridgehead atoms. The lowest BCUT2D eigenvalue weighted by atomic mass is 10.2. The third-order valence-electron chi connectivity index (χ3n) is 2.16. The molecule has 7 nitrogen and oxygen atoms in total. The molecule has 0 amide bonds. The lowest BCUT2D eigenvalue weighted by Crippen LogP contribution is -2.42. The number of hydrogen-bond acceptors (Lipinski definition) is 4. The number of carboxylic acids is 2. The summed E-state index contributed by atoms with van der Waals surface area (Å²) < 4.78 is 39.2. The van der Waals surface area contributed by atoms with Crippen LogP contribution in [0.2, 0.25) is 0 Å². The van der Waals surface area contributed by atoms with Crippen LogP contribution in [0, 0.1) is 5.82 Å². The second-order valence-electron chi connectivity index (χ2n) is 3.68. The maximum Gasteiger partial charge on any atom is 0.322 e. The highest BCUT2D eigenvalue weighted by Crippen LogP contribution is 2.19. The summed E-state index contributed by atoms with van der Waals surface area (Å²) in [4.78, 5) is 20.5. The number of carbonyl (C=O) groups is 2. The minimum absolute atomic E-state index is 0.300. The van der Waals surface area contributed by atoms with Gasteiger partial charge in [-0.25, -0.2) is 12.8 Å². The van der Waals surface area contributed by atoms with E-state index in [-0.39, 0.29) is 0 Å². The Kier molecular flexibility index (Phi) is 5.20. The lowest BCUT2D eigenvalue weighted by molar-refractivity contribution is -0.145. The second kappa shape index (κ2) is 6.29. The topological polar surface area (TPSA) is 121 Å². The molecule has 0 aliphatic rings. The van der Waals surface area contributed by atoms with Gasteiger partial charge in [-0.3, -0.25) is 9.59 Å². The van der Waals surface area contributed by atoms with Crippen LogP contribution < -0.4 is 4.72 Å². The summed E-state index contributed by atoms with van der Waals surface area (Å²) >= 11 is 2.94. The quantitative estimate of drug-likeness (QED) is 0.681. The van der Waals surface area contributed by atoms with Crippen LogP contribution >= 0.6 is 15.9 Å². The number of carboxylic acid groups (broad SMARTS) is 2. The van der Waals surface area contributed by atoms with Crippen molar-refractivity contribution in [2.75, 3.05) is 0 Å². The fourth-order valence-corrected chi connectivity index (χ4v) is 2.88. The molecule has 0 unspecified atom stereocenters. The predicted octanol–water partition coefficient (Wildman–Crippen LogP) is 0.794. The molecule has 1 aromatic carbocycles. The highest BCUT2D eigenvalue weighted by molar-refractivity contribution is 9.10. The van der Waals surface area contributed by atoms with Crippen LogP contribution in [0.4, 0.5) is 4.39 Å². The summed E-state index contributed by atoms with van der Waals surface area (Å²) in [5, 5.41) is 17.3. The highest BCUT2D eigenvalue weighted by atomic mass is 79.9. The van der Waals surface area contributed by atoms with Gasteiger partial charge in [0.05, 0.1) is 6.42 Å². The summed E-state index contributed by atoms with van der Waals surface area (Å²) in [5.41, 5.74) is 0. The third kappa shape index (κ3) is 4.25. The summed E-state index contributed by atoms with van der Waals surface area (Å²) in [6.45, 7) is 0. The summed E-state index contributed by atoms with van der Waals surface area (Å²) in [6, 6.07) is 1.19. The number of aliphatic carboxylic acids is 2. The SMILES string of the molecule is O=C(O)C[C@H](NS(=O)(=O)c1ccc(Br)cc1F)C(=O)O. The van der Waals surface area contributed by atoms with Crippen LogP contribution in [-0.2, 0) is 19.6 Å². The minimum atomic E-state index is -4.49. The Morgan fingerprint density at radius 2 is 1.95 bits per heavy atom. The van der Waals surface area contributed by atoms with Crippen LogP contribution in [0.3, 0.4) is 0 Å². The van der Waals surface area contributed by atoms with Crippen molar-refractivity contribution in [3.63, 3.8) is 0 Å². The summed E-state index contributed by atoms with van der Waals surface area (Å²) in [6.07, 6.45) is -0.966. The summed E-state index contributed by atoms with van der Waals surface area (Å²) in [7, 11) is -4.49. The van der Waals surface area contributed by atoms with Crippen LogP contribution in [0.5, 0.6) is 0 Å². The largest absolute Gasteiger partial charge is 0.481 e. The van der Waals surface area contributed by atoms with Gasteiger partial charge in [-0.2, -0.15) is 4.72 Å². The molecule has 0 aliphatic heterocycles. The van der Waals surface area contributed by atoms with E-state index in [0.717, 1.165) is 12.1 Å². The zero-order valence-corrected chi connectivity index (χ0v) is 12.1. The second-order valence-corrected chi connectivity index (χ2v) is 6.28. The summed E-state index contributed by atoms with van der Waals surface area (Å²) in [5.74, 6) is -4.27. The first kappa shape index (κ1) is 16.5. The van der Waals surface area contributed by atoms with E-state index in [1.165, 1.54) is 6.07 Å². The van der Waals surface area contributed by atoms with Gasteiger partial charge in [-0.15, -0.1) is 0 Å². The zero-order valence-electron chi connectivity index (χ0n) is 9.71. The van der Waals surface area contributed by atoms with Gasteiger partial charge in [0.15, 0.2) is 0 Å². The first-order valence-corrected chi connectivity index (χ1v) is 7.33. The molecular formula is C10H9BrFNO6S. The number of rotatable bonds is 6. The number of hydrogen-bond donors (Lipinski definition) is 3. The number of sulfonamides is 1. The molecular weight excluding hydrogens is 361 g/mol. The van der Waals surface area contributed by atoms with E-state index in [1.54, 1.807) is 4.72 Å². The van der Waals surface area contributed by atoms with E-state index in [1.807, 2.05) is 0 Å². The molecule has 1 aromatic rings. The van der Waals surface area contributed by atoms with E-state index >= 15 is 0 Å². The van der Waals surface area contributed by atoms with E-state index in [4.69, 9.17) is 10.2 Å². The van der Waals surface area contributed by atoms with E-state index in [0.29, 0.717) is 4.47 Å². The molecule has 0 aromatic heterocycles. The zero-order chi connectivity index (χ0) is 15.5. The van der Waals surface area contributed by atoms with Crippen molar-refractivity contribution >= 4 is 37.9 Å². The van der Waals surface area contributed by atoms with Crippen molar-refractivity contribution in [2.45, 2.75) is 17.4 Å². The van der Waals surface area contributed by atoms with Crippen LogP contribution in [0.1, 0.15) is 6.42 Å². The first-order chi connectivity index (χ1) is 9.13. The molecule has 0 saturated carbocycles. The van der Waals surface area contributed by atoms with Crippen LogP contribution in [-0.4, -0.2) is 36.6 Å². The Morgan fingerprint density at radius 3 is 2.40 bits per heavy atom. The molecule has 0 saturated heterocycles. The molecule has 0 spiro atoms. The molecule has 110 valence electrons. The van der Waals surface area contributed by atoms with Crippen molar-refractivity contribution in [1.82, 2.24) is 4.72 Å². The Morgan fingerprint density at radius 1 is 1.35 bits per heavy atom. The Labute approximate surface area is 121 Å². The van der Waals surface area contributed by atoms with Crippen molar-refractivity contribution in [1.29, 1.82) is 0 Å². The molecule has 0 radical (unpaired) electrons. The van der Waals surface area contributed by atoms with Gasteiger partial charge in [0.25, 0.3) is 0 Å². The van der Waals surface area contributed by atoms with Crippen LogP contribution in [0.25, 0.3) is 0 Å². The van der Waals surface area contributed by atoms with Crippen molar-refractivity contribution in [3.8, 4) is 0 Å². The Hall–Kier alpha value is -1.52. The third-order valence-corrected chi connectivity index (χ3v) is 4.16. The van der Waals surface area contributed by atoms with E-state index in [9.17, 15) is 22.4 Å². The minimum Gasteiger partial charge on any atom is -0.481 e. The first-order valence-electron chi connectivity index (χ1n) is 5.05. The Bertz CT molecular complexity index is 647. The van der Waals surface area contributed by atoms with Crippen molar-refractivity contribution in [3.05, 3.63) is 28.5 Å². The van der Waals surface area contributed by atoms with Crippen molar-refractivity contribution in [2.24, 2.45) is 0 Å². The molecule has 3 N–H and O–H groups in total. The molecule has 0 fully saturated rings. The average molecular weight is 370 g/mol. The van der Waals surface area contributed by atoms with Gasteiger partial charge in [0.1, 0.15) is 16.8 Å². The Balaban J connectivity index is 3.09. The molecule has 0 aliphatic carbocycles. The van der Waals surface area contributed by atoms with E-state index < -0.39 is 45.1 Å². The molecule has 0 heterocycles. The maximum absolute atomic E-state index is 13.5. The number of nitrogens with one attached hydrogen (secondary N) is 1. The smallest absolute Gasteiger partial charge is 0.322 e. The van der Waals surface area contributed by atoms with Gasteiger partial charge in [-0.05, 0) is 18.2 Å². The monoisotopic (exact) mass is 369 g/mol. The normalized spacial score (nSPS) is 12.9. The lowest BCUT2D eigenvalue weighted by Gasteiger charge is -2.13.